The van der Waals surface area contributed by atoms with E-state index in [2.05, 4.69) is 12.2 Å². The van der Waals surface area contributed by atoms with E-state index in [9.17, 15) is 4.79 Å². The summed E-state index contributed by atoms with van der Waals surface area (Å²) in [7, 11) is 1.70. The minimum Gasteiger partial charge on any atom is -0.383 e. The van der Waals surface area contributed by atoms with Gasteiger partial charge in [0.05, 0.1) is 6.61 Å². The summed E-state index contributed by atoms with van der Waals surface area (Å²) in [6, 6.07) is 1.35. The van der Waals surface area contributed by atoms with Crippen molar-refractivity contribution in [3.05, 3.63) is 0 Å². The predicted molar refractivity (Wildman–Crippen MR) is 87.9 cm³/mol. The third-order valence-electron chi connectivity index (χ3n) is 4.73. The molecule has 0 aromatic heterocycles. The maximum atomic E-state index is 12.5. The first kappa shape index (κ1) is 18.7. The lowest BCUT2D eigenvalue weighted by atomic mass is 9.89. The molecule has 0 saturated carbocycles. The molecule has 0 spiro atoms. The van der Waals surface area contributed by atoms with Gasteiger partial charge in [-0.05, 0) is 38.0 Å². The molecule has 4 nitrogen and oxygen atoms in total. The number of nitrogens with one attached hydrogen (secondary N) is 1. The van der Waals surface area contributed by atoms with Gasteiger partial charge in [-0.25, -0.2) is 0 Å². The molecule has 1 amide bonds. The Morgan fingerprint density at radius 2 is 1.90 bits per heavy atom. The van der Waals surface area contributed by atoms with E-state index in [-0.39, 0.29) is 12.4 Å². The molecule has 2 rings (SSSR count). The number of carbonyl (C=O) groups excluding carboxylic acids is 1. The molecule has 0 aromatic rings. The zero-order valence-corrected chi connectivity index (χ0v) is 14.3. The van der Waals surface area contributed by atoms with Gasteiger partial charge in [0.25, 0.3) is 0 Å². The van der Waals surface area contributed by atoms with E-state index in [1.807, 2.05) is 4.90 Å². The molecule has 21 heavy (non-hydrogen) atoms. The van der Waals surface area contributed by atoms with Gasteiger partial charge >= 0.3 is 0 Å². The van der Waals surface area contributed by atoms with Crippen LogP contribution in [0.3, 0.4) is 0 Å². The normalized spacial score (nSPS) is 27.2. The zero-order valence-electron chi connectivity index (χ0n) is 13.5. The Bertz CT molecular complexity index is 295. The number of piperidine rings is 1. The van der Waals surface area contributed by atoms with Crippen molar-refractivity contribution in [2.24, 2.45) is 5.92 Å². The molecule has 0 aromatic carbocycles. The molecule has 2 fully saturated rings. The molecule has 1 N–H and O–H groups in total. The lowest BCUT2D eigenvalue weighted by molar-refractivity contribution is -0.133. The van der Waals surface area contributed by atoms with Crippen LogP contribution in [0.5, 0.6) is 0 Å². The Labute approximate surface area is 135 Å². The summed E-state index contributed by atoms with van der Waals surface area (Å²) >= 11 is 0. The van der Waals surface area contributed by atoms with Crippen molar-refractivity contribution in [3.63, 3.8) is 0 Å². The molecule has 2 bridgehead atoms. The first-order valence-electron chi connectivity index (χ1n) is 8.25. The third kappa shape index (κ3) is 5.76. The van der Waals surface area contributed by atoms with Crippen LogP contribution in [0.15, 0.2) is 0 Å². The van der Waals surface area contributed by atoms with Gasteiger partial charge < -0.3 is 15.0 Å². The topological polar surface area (TPSA) is 41.6 Å². The van der Waals surface area contributed by atoms with Crippen molar-refractivity contribution in [1.29, 1.82) is 0 Å². The average Bonchev–Trinajstić information content (AvgIpc) is 2.78. The summed E-state index contributed by atoms with van der Waals surface area (Å²) in [4.78, 5) is 14.5. The van der Waals surface area contributed by atoms with Crippen LogP contribution >= 0.6 is 12.4 Å². The fourth-order valence-electron chi connectivity index (χ4n) is 3.63. The molecular weight excluding hydrogens is 288 g/mol. The highest BCUT2D eigenvalue weighted by Crippen LogP contribution is 2.32. The van der Waals surface area contributed by atoms with Gasteiger partial charge in [-0.2, -0.15) is 0 Å². The van der Waals surface area contributed by atoms with Crippen LogP contribution in [0.4, 0.5) is 0 Å². The molecule has 2 aliphatic rings. The quantitative estimate of drug-likeness (QED) is 0.748. The molecule has 0 aliphatic carbocycles. The highest BCUT2D eigenvalue weighted by molar-refractivity contribution is 5.85. The van der Waals surface area contributed by atoms with Gasteiger partial charge in [0.1, 0.15) is 0 Å². The molecule has 2 saturated heterocycles. The van der Waals surface area contributed by atoms with Crippen molar-refractivity contribution >= 4 is 18.3 Å². The minimum atomic E-state index is 0. The molecule has 5 heteroatoms. The largest absolute Gasteiger partial charge is 0.383 e. The Morgan fingerprint density at radius 1 is 1.24 bits per heavy atom. The number of carbonyl (C=O) groups is 1. The number of hydrogen-bond donors (Lipinski definition) is 1. The monoisotopic (exact) mass is 318 g/mol. The van der Waals surface area contributed by atoms with E-state index in [0.29, 0.717) is 30.5 Å². The van der Waals surface area contributed by atoms with Gasteiger partial charge in [0, 0.05) is 38.7 Å². The summed E-state index contributed by atoms with van der Waals surface area (Å²) in [6.45, 7) is 4.44. The van der Waals surface area contributed by atoms with Gasteiger partial charge in [-0.1, -0.05) is 13.3 Å². The summed E-state index contributed by atoms with van der Waals surface area (Å²) in [5.41, 5.74) is 0. The average molecular weight is 319 g/mol. The number of fused-ring (bicyclic) bond motifs is 2. The van der Waals surface area contributed by atoms with E-state index in [0.717, 1.165) is 32.4 Å². The van der Waals surface area contributed by atoms with Crippen LogP contribution in [0, 0.1) is 5.92 Å². The first-order valence-corrected chi connectivity index (χ1v) is 8.25. The van der Waals surface area contributed by atoms with Crippen LogP contribution < -0.4 is 5.32 Å². The summed E-state index contributed by atoms with van der Waals surface area (Å²) in [6.07, 6.45) is 7.95. The predicted octanol–water partition coefficient (Wildman–Crippen LogP) is 2.60. The van der Waals surface area contributed by atoms with Gasteiger partial charge in [0.15, 0.2) is 0 Å². The maximum absolute atomic E-state index is 12.5. The van der Waals surface area contributed by atoms with Crippen LogP contribution in [-0.2, 0) is 9.53 Å². The smallest absolute Gasteiger partial charge is 0.222 e. The van der Waals surface area contributed by atoms with Crippen LogP contribution in [0.2, 0.25) is 0 Å². The number of methoxy groups -OCH3 is 1. The Kier molecular flexibility index (Phi) is 8.60. The van der Waals surface area contributed by atoms with Crippen molar-refractivity contribution in [3.8, 4) is 0 Å². The lowest BCUT2D eigenvalue weighted by Gasteiger charge is -2.31. The minimum absolute atomic E-state index is 0. The highest BCUT2D eigenvalue weighted by atomic mass is 35.5. The van der Waals surface area contributed by atoms with Crippen molar-refractivity contribution in [2.45, 2.75) is 64.0 Å². The maximum Gasteiger partial charge on any atom is 0.222 e. The second kappa shape index (κ2) is 9.65. The summed E-state index contributed by atoms with van der Waals surface area (Å²) < 4.78 is 5.13. The zero-order chi connectivity index (χ0) is 14.4. The SMILES string of the molecule is CCCCN(CCOC)C(=O)CC1CC2CCC(C1)N2.Cl. The highest BCUT2D eigenvalue weighted by Gasteiger charge is 2.34. The standard InChI is InChI=1S/C16H30N2O2.ClH/c1-3-4-7-18(8-9-20-2)16(19)12-13-10-14-5-6-15(11-13)17-14;/h13-15,17H,3-12H2,1-2H3;1H. The van der Waals surface area contributed by atoms with E-state index < -0.39 is 0 Å². The molecule has 2 aliphatic heterocycles. The second-order valence-corrected chi connectivity index (χ2v) is 6.41. The number of unbranched alkanes of at least 4 members (excludes halogenated alkanes) is 1. The summed E-state index contributed by atoms with van der Waals surface area (Å²) in [5, 5.41) is 3.65. The molecule has 124 valence electrons. The van der Waals surface area contributed by atoms with Crippen molar-refractivity contribution < 1.29 is 9.53 Å². The third-order valence-corrected chi connectivity index (χ3v) is 4.73. The molecule has 2 heterocycles. The van der Waals surface area contributed by atoms with Gasteiger partial charge in [-0.15, -0.1) is 12.4 Å². The number of amides is 1. The first-order chi connectivity index (χ1) is 9.72. The van der Waals surface area contributed by atoms with E-state index in [1.54, 1.807) is 7.11 Å². The van der Waals surface area contributed by atoms with Crippen molar-refractivity contribution in [1.82, 2.24) is 10.2 Å². The van der Waals surface area contributed by atoms with Crippen LogP contribution in [0.25, 0.3) is 0 Å². The number of nitrogens with zero attached hydrogens (tertiary/aromatic N) is 1. The number of halogens is 1. The van der Waals surface area contributed by atoms with Gasteiger partial charge in [-0.3, -0.25) is 4.79 Å². The molecule has 2 unspecified atom stereocenters. The van der Waals surface area contributed by atoms with E-state index in [4.69, 9.17) is 4.74 Å². The Hall–Kier alpha value is -0.320. The van der Waals surface area contributed by atoms with E-state index >= 15 is 0 Å². The molecule has 2 atom stereocenters. The summed E-state index contributed by atoms with van der Waals surface area (Å²) in [5.74, 6) is 0.926. The second-order valence-electron chi connectivity index (χ2n) is 6.41. The van der Waals surface area contributed by atoms with Gasteiger partial charge in [0.2, 0.25) is 5.91 Å². The fraction of sp³-hybridized carbons (Fsp3) is 0.938. The molecular formula is C16H31ClN2O2. The number of ether oxygens (including phenoxy) is 1. The fourth-order valence-corrected chi connectivity index (χ4v) is 3.63. The molecule has 0 radical (unpaired) electrons. The van der Waals surface area contributed by atoms with Crippen LogP contribution in [0.1, 0.15) is 51.9 Å². The van der Waals surface area contributed by atoms with E-state index in [1.165, 1.54) is 25.7 Å². The van der Waals surface area contributed by atoms with Crippen LogP contribution in [-0.4, -0.2) is 49.7 Å². The number of rotatable bonds is 8. The Morgan fingerprint density at radius 3 is 2.48 bits per heavy atom. The Balaban J connectivity index is 0.00000220. The van der Waals surface area contributed by atoms with Crippen molar-refractivity contribution in [2.75, 3.05) is 26.8 Å². The number of hydrogen-bond acceptors (Lipinski definition) is 3. The lowest BCUT2D eigenvalue weighted by Crippen LogP contribution is -2.41.